The van der Waals surface area contributed by atoms with Crippen LogP contribution >= 0.6 is 0 Å². The number of amides is 2. The van der Waals surface area contributed by atoms with Crippen LogP contribution in [0.2, 0.25) is 0 Å². The second kappa shape index (κ2) is 8.86. The lowest BCUT2D eigenvalue weighted by atomic mass is 10.0. The molecule has 0 aromatic heterocycles. The number of carbonyl (C=O) groups excluding carboxylic acids is 1. The molecule has 29 heavy (non-hydrogen) atoms. The third-order valence-electron chi connectivity index (χ3n) is 5.43. The summed E-state index contributed by atoms with van der Waals surface area (Å²) in [4.78, 5) is 13.7. The van der Waals surface area contributed by atoms with Crippen molar-refractivity contribution >= 4 is 11.7 Å². The van der Waals surface area contributed by atoms with Gasteiger partial charge in [0.2, 0.25) is 0 Å². The molecule has 1 saturated carbocycles. The average molecular weight is 406 g/mol. The number of nitrogens with one attached hydrogen (secondary N) is 1. The van der Waals surface area contributed by atoms with Gasteiger partial charge in [-0.15, -0.1) is 0 Å². The maximum atomic E-state index is 12.9. The number of para-hydroxylation sites is 1. The normalized spacial score (nSPS) is 23.2. The van der Waals surface area contributed by atoms with Gasteiger partial charge in [-0.2, -0.15) is 13.2 Å². The first-order valence-corrected chi connectivity index (χ1v) is 9.66. The highest BCUT2D eigenvalue weighted by atomic mass is 19.4. The van der Waals surface area contributed by atoms with Gasteiger partial charge in [-0.25, -0.2) is 4.79 Å². The quantitative estimate of drug-likeness (QED) is 0.705. The van der Waals surface area contributed by atoms with E-state index >= 15 is 0 Å². The summed E-state index contributed by atoms with van der Waals surface area (Å²) < 4.78 is 38.7. The van der Waals surface area contributed by atoms with Crippen LogP contribution in [0.1, 0.15) is 24.0 Å². The fourth-order valence-corrected chi connectivity index (χ4v) is 4.00. The Bertz CT molecular complexity index is 812. The molecule has 0 bridgehead atoms. The molecule has 2 fully saturated rings. The Balaban J connectivity index is 0.000000290. The van der Waals surface area contributed by atoms with Crippen molar-refractivity contribution in [3.63, 3.8) is 0 Å². The summed E-state index contributed by atoms with van der Waals surface area (Å²) in [6.07, 6.45) is -3.50. The Morgan fingerprint density at radius 1 is 1.00 bits per heavy atom. The second-order valence-electron chi connectivity index (χ2n) is 7.68. The van der Waals surface area contributed by atoms with E-state index in [2.05, 4.69) is 24.4 Å². The molecular weight excluding hydrogens is 381 g/mol. The number of benzene rings is 2. The number of hydrogen-bond donors (Lipinski definition) is 2. The Morgan fingerprint density at radius 3 is 2.07 bits per heavy atom. The molecule has 1 saturated heterocycles. The standard InChI is InChI=1S/C15H17F3N2O2.C7H8/c16-15(17,18)12-3-1-2-4-13(12)19-14(22)20-7-9-5-11(21)6-10(9)8-20;1-7-5-3-2-4-6-7/h1-4,9-11,21H,5-8H2,(H,19,22);2-6H,1H3/t9-,10+,11?;. The van der Waals surface area contributed by atoms with Crippen molar-refractivity contribution < 1.29 is 23.1 Å². The van der Waals surface area contributed by atoms with Gasteiger partial charge in [-0.1, -0.05) is 48.0 Å². The van der Waals surface area contributed by atoms with E-state index < -0.39 is 17.8 Å². The van der Waals surface area contributed by atoms with Gasteiger partial charge in [-0.3, -0.25) is 0 Å². The summed E-state index contributed by atoms with van der Waals surface area (Å²) in [6, 6.07) is 14.7. The van der Waals surface area contributed by atoms with Gasteiger partial charge in [0.1, 0.15) is 0 Å². The van der Waals surface area contributed by atoms with E-state index in [9.17, 15) is 23.1 Å². The van der Waals surface area contributed by atoms with Gasteiger partial charge < -0.3 is 15.3 Å². The van der Waals surface area contributed by atoms with Gasteiger partial charge in [0.05, 0.1) is 17.4 Å². The van der Waals surface area contributed by atoms with E-state index in [-0.39, 0.29) is 23.6 Å². The number of nitrogens with zero attached hydrogens (tertiary/aromatic N) is 1. The van der Waals surface area contributed by atoms with E-state index in [4.69, 9.17) is 0 Å². The van der Waals surface area contributed by atoms with Crippen molar-refractivity contribution in [1.82, 2.24) is 4.90 Å². The molecule has 2 aliphatic rings. The molecule has 4 nitrogen and oxygen atoms in total. The molecule has 2 amide bonds. The maximum absolute atomic E-state index is 12.9. The molecule has 1 aliphatic carbocycles. The first-order chi connectivity index (χ1) is 13.7. The number of rotatable bonds is 1. The fraction of sp³-hybridized carbons (Fsp3) is 0.409. The third kappa shape index (κ3) is 5.50. The number of hydrogen-bond acceptors (Lipinski definition) is 2. The highest BCUT2D eigenvalue weighted by molar-refractivity contribution is 5.90. The number of likely N-dealkylation sites (tertiary alicyclic amines) is 1. The molecule has 0 spiro atoms. The largest absolute Gasteiger partial charge is 0.418 e. The third-order valence-corrected chi connectivity index (χ3v) is 5.43. The number of aliphatic hydroxyl groups excluding tert-OH is 1. The van der Waals surface area contributed by atoms with E-state index in [1.165, 1.54) is 28.7 Å². The molecule has 156 valence electrons. The number of halogens is 3. The summed E-state index contributed by atoms with van der Waals surface area (Å²) in [5, 5.41) is 11.9. The van der Waals surface area contributed by atoms with Crippen LogP contribution in [0.15, 0.2) is 54.6 Å². The van der Waals surface area contributed by atoms with Crippen LogP contribution < -0.4 is 5.32 Å². The first-order valence-electron chi connectivity index (χ1n) is 9.66. The summed E-state index contributed by atoms with van der Waals surface area (Å²) in [5.74, 6) is 0.497. The number of anilines is 1. The maximum Gasteiger partial charge on any atom is 0.418 e. The predicted molar refractivity (Wildman–Crippen MR) is 105 cm³/mol. The monoisotopic (exact) mass is 406 g/mol. The van der Waals surface area contributed by atoms with Crippen LogP contribution in [0.4, 0.5) is 23.7 Å². The molecule has 2 N–H and O–H groups in total. The Labute approximate surface area is 168 Å². The second-order valence-corrected chi connectivity index (χ2v) is 7.68. The highest BCUT2D eigenvalue weighted by Gasteiger charge is 2.42. The summed E-state index contributed by atoms with van der Waals surface area (Å²) in [5.41, 5.74) is 0.248. The predicted octanol–water partition coefficient (Wildman–Crippen LogP) is 4.94. The highest BCUT2D eigenvalue weighted by Crippen LogP contribution is 2.39. The molecule has 1 heterocycles. The molecule has 0 radical (unpaired) electrons. The van der Waals surface area contributed by atoms with Crippen molar-refractivity contribution in [2.24, 2.45) is 11.8 Å². The minimum atomic E-state index is -4.50. The van der Waals surface area contributed by atoms with Crippen molar-refractivity contribution in [2.45, 2.75) is 32.0 Å². The topological polar surface area (TPSA) is 52.6 Å². The van der Waals surface area contributed by atoms with E-state index in [1.54, 1.807) is 0 Å². The number of alkyl halides is 3. The SMILES string of the molecule is Cc1ccccc1.O=C(Nc1ccccc1C(F)(F)F)N1C[C@H]2CC(O)C[C@H]2C1. The molecule has 4 rings (SSSR count). The summed E-state index contributed by atoms with van der Waals surface area (Å²) in [7, 11) is 0. The molecule has 3 atom stereocenters. The zero-order valence-corrected chi connectivity index (χ0v) is 16.2. The number of carbonyl (C=O) groups is 1. The lowest BCUT2D eigenvalue weighted by molar-refractivity contribution is -0.136. The van der Waals surface area contributed by atoms with Crippen LogP contribution in [0, 0.1) is 18.8 Å². The smallest absolute Gasteiger partial charge is 0.393 e. The minimum absolute atomic E-state index is 0.225. The lowest BCUT2D eigenvalue weighted by Gasteiger charge is -2.20. The molecular formula is C22H25F3N2O2. The van der Waals surface area contributed by atoms with Gasteiger partial charge in [-0.05, 0) is 43.7 Å². The Morgan fingerprint density at radius 2 is 1.55 bits per heavy atom. The van der Waals surface area contributed by atoms with Gasteiger partial charge in [0.25, 0.3) is 0 Å². The van der Waals surface area contributed by atoms with Gasteiger partial charge in [0, 0.05) is 13.1 Å². The minimum Gasteiger partial charge on any atom is -0.393 e. The van der Waals surface area contributed by atoms with Gasteiger partial charge >= 0.3 is 12.2 Å². The van der Waals surface area contributed by atoms with Crippen molar-refractivity contribution in [1.29, 1.82) is 0 Å². The van der Waals surface area contributed by atoms with Gasteiger partial charge in [0.15, 0.2) is 0 Å². The molecule has 2 aromatic rings. The van der Waals surface area contributed by atoms with E-state index in [0.717, 1.165) is 6.07 Å². The molecule has 1 unspecified atom stereocenters. The lowest BCUT2D eigenvalue weighted by Crippen LogP contribution is -2.34. The zero-order chi connectivity index (χ0) is 21.0. The van der Waals surface area contributed by atoms with E-state index in [1.807, 2.05) is 18.2 Å². The molecule has 7 heteroatoms. The number of aryl methyl sites for hydroxylation is 1. The summed E-state index contributed by atoms with van der Waals surface area (Å²) >= 11 is 0. The fourth-order valence-electron chi connectivity index (χ4n) is 4.00. The Kier molecular flexibility index (Phi) is 6.47. The molecule has 1 aliphatic heterocycles. The van der Waals surface area contributed by atoms with Crippen LogP contribution in [-0.2, 0) is 6.18 Å². The number of aliphatic hydroxyl groups is 1. The van der Waals surface area contributed by atoms with E-state index in [0.29, 0.717) is 25.9 Å². The summed E-state index contributed by atoms with van der Waals surface area (Å²) in [6.45, 7) is 3.06. The molecule has 2 aromatic carbocycles. The van der Waals surface area contributed by atoms with Crippen LogP contribution in [0.25, 0.3) is 0 Å². The zero-order valence-electron chi connectivity index (χ0n) is 16.2. The Hall–Kier alpha value is -2.54. The number of urea groups is 1. The van der Waals surface area contributed by atoms with Crippen LogP contribution in [0.5, 0.6) is 0 Å². The van der Waals surface area contributed by atoms with Crippen LogP contribution in [0.3, 0.4) is 0 Å². The van der Waals surface area contributed by atoms with Crippen molar-refractivity contribution in [3.05, 3.63) is 65.7 Å². The van der Waals surface area contributed by atoms with Crippen LogP contribution in [-0.4, -0.2) is 35.2 Å². The van der Waals surface area contributed by atoms with Crippen molar-refractivity contribution in [3.8, 4) is 0 Å². The number of fused-ring (bicyclic) bond motifs is 1. The van der Waals surface area contributed by atoms with Crippen molar-refractivity contribution in [2.75, 3.05) is 18.4 Å². The first kappa shape index (κ1) is 21.2. The average Bonchev–Trinajstić information content (AvgIpc) is 3.20.